The molecule has 0 fully saturated rings. The first kappa shape index (κ1) is 18.3. The number of amides is 1. The summed E-state index contributed by atoms with van der Waals surface area (Å²) in [6, 6.07) is 5.84. The van der Waals surface area contributed by atoms with Gasteiger partial charge in [0.05, 0.1) is 10.6 Å². The van der Waals surface area contributed by atoms with Gasteiger partial charge in [0.1, 0.15) is 0 Å². The van der Waals surface area contributed by atoms with Crippen LogP contribution >= 0.6 is 11.6 Å². The molecule has 2 aromatic rings. The number of aryl methyl sites for hydroxylation is 1. The largest absolute Gasteiger partial charge is 0.337 e. The van der Waals surface area contributed by atoms with E-state index in [9.17, 15) is 13.2 Å². The van der Waals surface area contributed by atoms with Crippen LogP contribution in [0.5, 0.6) is 0 Å². The summed E-state index contributed by atoms with van der Waals surface area (Å²) in [5.74, 6) is 0.333. The Morgan fingerprint density at radius 1 is 1.25 bits per heavy atom. The minimum absolute atomic E-state index is 0.0507. The van der Waals surface area contributed by atoms with Crippen LogP contribution in [0.15, 0.2) is 33.7 Å². The number of sulfonamides is 1. The van der Waals surface area contributed by atoms with Crippen molar-refractivity contribution >= 4 is 39.1 Å². The lowest BCUT2D eigenvalue weighted by molar-refractivity contribution is -0.116. The smallest absolute Gasteiger partial charge is 0.264 e. The van der Waals surface area contributed by atoms with E-state index >= 15 is 0 Å². The van der Waals surface area contributed by atoms with Crippen molar-refractivity contribution in [2.75, 3.05) is 15.9 Å². The summed E-state index contributed by atoms with van der Waals surface area (Å²) in [7, 11) is -3.80. The zero-order chi connectivity index (χ0) is 17.7. The van der Waals surface area contributed by atoms with E-state index in [1.807, 2.05) is 0 Å². The predicted octanol–water partition coefficient (Wildman–Crippen LogP) is 3.05. The van der Waals surface area contributed by atoms with Crippen LogP contribution in [0.3, 0.4) is 0 Å². The lowest BCUT2D eigenvalue weighted by Crippen LogP contribution is -2.14. The Kier molecular flexibility index (Phi) is 5.84. The van der Waals surface area contributed by atoms with Crippen molar-refractivity contribution in [3.8, 4) is 0 Å². The Balaban J connectivity index is 2.09. The average molecular weight is 372 g/mol. The molecule has 0 atom stereocenters. The second kappa shape index (κ2) is 7.67. The highest BCUT2D eigenvalue weighted by atomic mass is 35.5. The molecule has 0 bridgehead atoms. The molecule has 0 radical (unpaired) electrons. The fourth-order valence-corrected chi connectivity index (χ4v) is 3.04. The van der Waals surface area contributed by atoms with Crippen LogP contribution in [0.1, 0.15) is 24.1 Å². The molecule has 24 heavy (non-hydrogen) atoms. The third-order valence-electron chi connectivity index (χ3n) is 3.37. The minimum Gasteiger partial charge on any atom is -0.337 e. The Labute approximate surface area is 145 Å². The van der Waals surface area contributed by atoms with Crippen molar-refractivity contribution in [1.29, 1.82) is 0 Å². The van der Waals surface area contributed by atoms with Crippen LogP contribution in [0, 0.1) is 13.8 Å². The van der Waals surface area contributed by atoms with Crippen LogP contribution in [-0.4, -0.2) is 25.4 Å². The first-order chi connectivity index (χ1) is 11.3. The van der Waals surface area contributed by atoms with Crippen molar-refractivity contribution in [2.24, 2.45) is 0 Å². The number of nitrogens with one attached hydrogen (secondary N) is 2. The Morgan fingerprint density at radius 3 is 2.46 bits per heavy atom. The van der Waals surface area contributed by atoms with Gasteiger partial charge < -0.3 is 9.84 Å². The number of nitrogens with zero attached hydrogens (tertiary/aromatic N) is 1. The van der Waals surface area contributed by atoms with Gasteiger partial charge in [0, 0.05) is 23.6 Å². The molecule has 1 heterocycles. The maximum atomic E-state index is 12.3. The standard InChI is InChI=1S/C15H18ClN3O4S/c1-10-11(2)18-23-15(10)19-24(21,22)13-7-5-12(6-8-13)17-14(20)4-3-9-16/h5-8,19H,3-4,9H2,1-2H3,(H,17,20). The van der Waals surface area contributed by atoms with Crippen molar-refractivity contribution in [1.82, 2.24) is 5.16 Å². The quantitative estimate of drug-likeness (QED) is 0.728. The SMILES string of the molecule is Cc1noc(NS(=O)(=O)c2ccc(NC(=O)CCCCl)cc2)c1C. The molecule has 7 nitrogen and oxygen atoms in total. The van der Waals surface area contributed by atoms with E-state index in [4.69, 9.17) is 16.1 Å². The van der Waals surface area contributed by atoms with Gasteiger partial charge in [0.25, 0.3) is 10.0 Å². The number of benzene rings is 1. The second-order valence-electron chi connectivity index (χ2n) is 5.19. The van der Waals surface area contributed by atoms with Gasteiger partial charge in [-0.05, 0) is 44.5 Å². The molecule has 9 heteroatoms. The third-order valence-corrected chi connectivity index (χ3v) is 4.98. The molecule has 130 valence electrons. The summed E-state index contributed by atoms with van der Waals surface area (Å²) >= 11 is 5.53. The molecule has 1 aromatic carbocycles. The van der Waals surface area contributed by atoms with Gasteiger partial charge in [-0.3, -0.25) is 4.79 Å². The van der Waals surface area contributed by atoms with Gasteiger partial charge in [0.2, 0.25) is 11.8 Å². The zero-order valence-corrected chi connectivity index (χ0v) is 14.9. The molecule has 1 amide bonds. The number of hydrogen-bond acceptors (Lipinski definition) is 5. The highest BCUT2D eigenvalue weighted by molar-refractivity contribution is 7.92. The summed E-state index contributed by atoms with van der Waals surface area (Å²) in [5, 5.41) is 6.38. The topological polar surface area (TPSA) is 101 Å². The third kappa shape index (κ3) is 4.48. The first-order valence-electron chi connectivity index (χ1n) is 7.25. The highest BCUT2D eigenvalue weighted by Crippen LogP contribution is 2.22. The summed E-state index contributed by atoms with van der Waals surface area (Å²) in [4.78, 5) is 11.7. The molecule has 1 aromatic heterocycles. The lowest BCUT2D eigenvalue weighted by Gasteiger charge is -2.08. The predicted molar refractivity (Wildman–Crippen MR) is 91.8 cm³/mol. The molecule has 0 aliphatic carbocycles. The van der Waals surface area contributed by atoms with Crippen molar-refractivity contribution in [2.45, 2.75) is 31.6 Å². The fraction of sp³-hybridized carbons (Fsp3) is 0.333. The van der Waals surface area contributed by atoms with Gasteiger partial charge in [-0.1, -0.05) is 5.16 Å². The molecule has 0 aliphatic heterocycles. The fourth-order valence-electron chi connectivity index (χ4n) is 1.86. The lowest BCUT2D eigenvalue weighted by atomic mass is 10.3. The van der Waals surface area contributed by atoms with Crippen molar-refractivity contribution in [3.05, 3.63) is 35.5 Å². The van der Waals surface area contributed by atoms with Gasteiger partial charge >= 0.3 is 0 Å². The Morgan fingerprint density at radius 2 is 1.92 bits per heavy atom. The second-order valence-corrected chi connectivity index (χ2v) is 7.25. The molecule has 2 N–H and O–H groups in total. The van der Waals surface area contributed by atoms with E-state index < -0.39 is 10.0 Å². The molecule has 0 saturated carbocycles. The zero-order valence-electron chi connectivity index (χ0n) is 13.3. The van der Waals surface area contributed by atoms with E-state index in [2.05, 4.69) is 15.2 Å². The Hall–Kier alpha value is -2.06. The van der Waals surface area contributed by atoms with Crippen molar-refractivity contribution < 1.29 is 17.7 Å². The number of rotatable bonds is 7. The van der Waals surface area contributed by atoms with Gasteiger partial charge in [-0.25, -0.2) is 13.1 Å². The number of hydrogen-bond donors (Lipinski definition) is 2. The van der Waals surface area contributed by atoms with Crippen LogP contribution in [0.4, 0.5) is 11.6 Å². The van der Waals surface area contributed by atoms with Gasteiger partial charge in [0.15, 0.2) is 0 Å². The average Bonchev–Trinajstić information content (AvgIpc) is 2.85. The minimum atomic E-state index is -3.80. The number of halogens is 1. The van der Waals surface area contributed by atoms with Gasteiger partial charge in [-0.15, -0.1) is 11.6 Å². The summed E-state index contributed by atoms with van der Waals surface area (Å²) in [6.07, 6.45) is 0.898. The van der Waals surface area contributed by atoms with E-state index in [0.29, 0.717) is 35.7 Å². The van der Waals surface area contributed by atoms with Crippen molar-refractivity contribution in [3.63, 3.8) is 0 Å². The number of alkyl halides is 1. The molecule has 0 unspecified atom stereocenters. The number of carbonyl (C=O) groups excluding carboxylic acids is 1. The first-order valence-corrected chi connectivity index (χ1v) is 9.27. The monoisotopic (exact) mass is 371 g/mol. The van der Waals surface area contributed by atoms with E-state index in [1.54, 1.807) is 13.8 Å². The van der Waals surface area contributed by atoms with Gasteiger partial charge in [-0.2, -0.15) is 0 Å². The Bertz CT molecular complexity index is 816. The van der Waals surface area contributed by atoms with Crippen LogP contribution in [0.25, 0.3) is 0 Å². The molecule has 0 saturated heterocycles. The molecular weight excluding hydrogens is 354 g/mol. The number of aromatic nitrogens is 1. The molecule has 2 rings (SSSR count). The summed E-state index contributed by atoms with van der Waals surface area (Å²) in [5.41, 5.74) is 1.75. The number of anilines is 2. The number of carbonyl (C=O) groups is 1. The normalized spacial score (nSPS) is 11.3. The van der Waals surface area contributed by atoms with E-state index in [0.717, 1.165) is 0 Å². The maximum Gasteiger partial charge on any atom is 0.264 e. The molecule has 0 spiro atoms. The molecule has 0 aliphatic rings. The molecular formula is C15H18ClN3O4S. The summed E-state index contributed by atoms with van der Waals surface area (Å²) < 4.78 is 32.0. The van der Waals surface area contributed by atoms with E-state index in [-0.39, 0.29) is 16.7 Å². The summed E-state index contributed by atoms with van der Waals surface area (Å²) in [6.45, 7) is 3.43. The van der Waals surface area contributed by atoms with Crippen LogP contribution in [0.2, 0.25) is 0 Å². The van der Waals surface area contributed by atoms with E-state index in [1.165, 1.54) is 24.3 Å². The van der Waals surface area contributed by atoms with Crippen LogP contribution in [-0.2, 0) is 14.8 Å². The highest BCUT2D eigenvalue weighted by Gasteiger charge is 2.19. The maximum absolute atomic E-state index is 12.3. The van der Waals surface area contributed by atoms with Crippen LogP contribution < -0.4 is 10.0 Å².